The van der Waals surface area contributed by atoms with Crippen molar-refractivity contribution in [3.63, 3.8) is 0 Å². The number of carbonyl (C=O) groups is 1. The van der Waals surface area contributed by atoms with Gasteiger partial charge in [0.05, 0.1) is 0 Å². The van der Waals surface area contributed by atoms with E-state index >= 15 is 0 Å². The van der Waals surface area contributed by atoms with E-state index in [2.05, 4.69) is 10.3 Å². The summed E-state index contributed by atoms with van der Waals surface area (Å²) in [4.78, 5) is 17.2. The van der Waals surface area contributed by atoms with Crippen molar-refractivity contribution in [3.05, 3.63) is 29.8 Å². The zero-order valence-electron chi connectivity index (χ0n) is 9.57. The number of hydrogen-bond acceptors (Lipinski definition) is 3. The fraction of sp³-hybridized carbons (Fsp3) is 0.333. The Morgan fingerprint density at radius 3 is 2.31 bits per heavy atom. The van der Waals surface area contributed by atoms with E-state index in [-0.39, 0.29) is 5.91 Å². The number of nitrogens with one attached hydrogen (secondary N) is 1. The first-order valence-electron chi connectivity index (χ1n) is 5.09. The summed E-state index contributed by atoms with van der Waals surface area (Å²) in [5.74, 6) is 0.624. The monoisotopic (exact) mass is 234 g/mol. The number of thioether (sulfide) groups is 1. The van der Waals surface area contributed by atoms with E-state index in [0.717, 1.165) is 5.56 Å². The van der Waals surface area contributed by atoms with Gasteiger partial charge in [-0.15, -0.1) is 11.8 Å². The van der Waals surface area contributed by atoms with Gasteiger partial charge in [-0.3, -0.25) is 9.79 Å². The Hall–Kier alpha value is -1.29. The molecule has 0 spiro atoms. The quantitative estimate of drug-likeness (QED) is 0.796. The summed E-state index contributed by atoms with van der Waals surface area (Å²) < 4.78 is 0. The van der Waals surface area contributed by atoms with Crippen molar-refractivity contribution >= 4 is 23.5 Å². The van der Waals surface area contributed by atoms with Gasteiger partial charge in [0, 0.05) is 10.5 Å². The molecule has 0 aliphatic carbocycles. The van der Waals surface area contributed by atoms with E-state index in [1.165, 1.54) is 4.90 Å². The summed E-state index contributed by atoms with van der Waals surface area (Å²) in [6.45, 7) is 3.62. The summed E-state index contributed by atoms with van der Waals surface area (Å²) in [5.41, 5.74) is 0.310. The van der Waals surface area contributed by atoms with Crippen LogP contribution >= 0.6 is 11.8 Å². The maximum Gasteiger partial charge on any atom is 0.252 e. The van der Waals surface area contributed by atoms with Crippen molar-refractivity contribution in [2.75, 3.05) is 6.26 Å². The molecule has 0 saturated heterocycles. The zero-order valence-corrected chi connectivity index (χ0v) is 10.4. The van der Waals surface area contributed by atoms with Gasteiger partial charge in [0.15, 0.2) is 0 Å². The molecule has 1 amide bonds. The lowest BCUT2D eigenvalue weighted by Gasteiger charge is -2.07. The third-order valence-corrected chi connectivity index (χ3v) is 3.29. The molecule has 1 aliphatic rings. The number of rotatable bonds is 2. The molecule has 0 aromatic heterocycles. The minimum atomic E-state index is -0.645. The van der Waals surface area contributed by atoms with Gasteiger partial charge >= 0.3 is 0 Å². The van der Waals surface area contributed by atoms with Crippen molar-refractivity contribution in [1.29, 1.82) is 0 Å². The van der Waals surface area contributed by atoms with Crippen LogP contribution in [0.25, 0.3) is 0 Å². The molecule has 0 bridgehead atoms. The predicted octanol–water partition coefficient (Wildman–Crippen LogP) is 2.06. The Kier molecular flexibility index (Phi) is 2.76. The van der Waals surface area contributed by atoms with Crippen molar-refractivity contribution in [1.82, 2.24) is 5.32 Å². The number of benzene rings is 1. The largest absolute Gasteiger partial charge is 0.308 e. The van der Waals surface area contributed by atoms with E-state index in [4.69, 9.17) is 0 Å². The molecule has 3 nitrogen and oxygen atoms in total. The number of amides is 1. The van der Waals surface area contributed by atoms with Crippen LogP contribution in [-0.4, -0.2) is 23.5 Å². The smallest absolute Gasteiger partial charge is 0.252 e. The molecule has 1 aromatic rings. The maximum atomic E-state index is 11.6. The fourth-order valence-electron chi connectivity index (χ4n) is 1.50. The van der Waals surface area contributed by atoms with Crippen LogP contribution in [0.15, 0.2) is 34.2 Å². The number of nitrogens with zero attached hydrogens (tertiary/aromatic N) is 1. The Balaban J connectivity index is 2.29. The molecule has 0 atom stereocenters. The van der Waals surface area contributed by atoms with Gasteiger partial charge in [0.2, 0.25) is 0 Å². The van der Waals surface area contributed by atoms with Crippen LogP contribution in [0, 0.1) is 0 Å². The molecule has 0 unspecified atom stereocenters. The Morgan fingerprint density at radius 1 is 1.25 bits per heavy atom. The molecule has 0 radical (unpaired) electrons. The predicted molar refractivity (Wildman–Crippen MR) is 67.0 cm³/mol. The first-order valence-corrected chi connectivity index (χ1v) is 6.31. The Bertz CT molecular complexity index is 449. The van der Waals surface area contributed by atoms with Gasteiger partial charge in [-0.1, -0.05) is 12.1 Å². The molecular weight excluding hydrogens is 220 g/mol. The highest BCUT2D eigenvalue weighted by molar-refractivity contribution is 7.98. The Morgan fingerprint density at radius 2 is 1.88 bits per heavy atom. The number of aliphatic imine (C=N–C) groups is 1. The van der Waals surface area contributed by atoms with E-state index in [0.29, 0.717) is 5.84 Å². The summed E-state index contributed by atoms with van der Waals surface area (Å²) in [6, 6.07) is 8.01. The molecule has 0 saturated carbocycles. The van der Waals surface area contributed by atoms with E-state index in [1.54, 1.807) is 11.8 Å². The van der Waals surface area contributed by atoms with Crippen LogP contribution in [0.1, 0.15) is 19.4 Å². The topological polar surface area (TPSA) is 41.5 Å². The van der Waals surface area contributed by atoms with Gasteiger partial charge in [0.1, 0.15) is 11.4 Å². The second-order valence-electron chi connectivity index (χ2n) is 4.20. The van der Waals surface area contributed by atoms with Crippen LogP contribution in [0.2, 0.25) is 0 Å². The van der Waals surface area contributed by atoms with Crippen LogP contribution in [0.5, 0.6) is 0 Å². The van der Waals surface area contributed by atoms with Crippen molar-refractivity contribution in [2.24, 2.45) is 4.99 Å². The highest BCUT2D eigenvalue weighted by Gasteiger charge is 2.34. The summed E-state index contributed by atoms with van der Waals surface area (Å²) >= 11 is 1.69. The normalized spacial score (nSPS) is 18.2. The minimum absolute atomic E-state index is 0.0450. The molecule has 1 aromatic carbocycles. The summed E-state index contributed by atoms with van der Waals surface area (Å²) in [5, 5.41) is 2.80. The molecule has 16 heavy (non-hydrogen) atoms. The van der Waals surface area contributed by atoms with E-state index < -0.39 is 5.54 Å². The highest BCUT2D eigenvalue weighted by Crippen LogP contribution is 2.20. The molecule has 0 fully saturated rings. The summed E-state index contributed by atoms with van der Waals surface area (Å²) in [6.07, 6.45) is 2.03. The lowest BCUT2D eigenvalue weighted by molar-refractivity contribution is -0.122. The van der Waals surface area contributed by atoms with Gasteiger partial charge in [-0.05, 0) is 32.2 Å². The maximum absolute atomic E-state index is 11.6. The van der Waals surface area contributed by atoms with Gasteiger partial charge < -0.3 is 5.32 Å². The van der Waals surface area contributed by atoms with E-state index in [9.17, 15) is 4.79 Å². The van der Waals surface area contributed by atoms with Crippen LogP contribution in [0.3, 0.4) is 0 Å². The van der Waals surface area contributed by atoms with Crippen molar-refractivity contribution in [3.8, 4) is 0 Å². The van der Waals surface area contributed by atoms with Gasteiger partial charge in [0.25, 0.3) is 5.91 Å². The average molecular weight is 234 g/mol. The lowest BCUT2D eigenvalue weighted by atomic mass is 10.1. The zero-order chi connectivity index (χ0) is 11.8. The number of amidine groups is 1. The second-order valence-corrected chi connectivity index (χ2v) is 5.08. The number of carbonyl (C=O) groups excluding carboxylic acids is 1. The minimum Gasteiger partial charge on any atom is -0.308 e. The highest BCUT2D eigenvalue weighted by atomic mass is 32.2. The molecule has 84 valence electrons. The Labute approximate surface area is 99.3 Å². The third kappa shape index (κ3) is 1.97. The van der Waals surface area contributed by atoms with Crippen LogP contribution in [0.4, 0.5) is 0 Å². The van der Waals surface area contributed by atoms with Crippen LogP contribution < -0.4 is 5.32 Å². The first-order chi connectivity index (χ1) is 7.53. The van der Waals surface area contributed by atoms with Crippen LogP contribution in [-0.2, 0) is 4.79 Å². The van der Waals surface area contributed by atoms with Crippen molar-refractivity contribution < 1.29 is 4.79 Å². The standard InChI is InChI=1S/C12H14N2OS/c1-12(2)11(15)13-10(14-12)8-4-6-9(16-3)7-5-8/h4-7H,1-3H3,(H,13,14,15). The summed E-state index contributed by atoms with van der Waals surface area (Å²) in [7, 11) is 0. The first kappa shape index (κ1) is 11.2. The van der Waals surface area contributed by atoms with Gasteiger partial charge in [-0.25, -0.2) is 0 Å². The molecule has 4 heteroatoms. The molecule has 2 rings (SSSR count). The molecule has 1 heterocycles. The average Bonchev–Trinajstić information content (AvgIpc) is 2.54. The lowest BCUT2D eigenvalue weighted by Crippen LogP contribution is -2.34. The van der Waals surface area contributed by atoms with E-state index in [1.807, 2.05) is 44.4 Å². The van der Waals surface area contributed by atoms with Crippen molar-refractivity contribution in [2.45, 2.75) is 24.3 Å². The number of hydrogen-bond donors (Lipinski definition) is 1. The fourth-order valence-corrected chi connectivity index (χ4v) is 1.91. The SMILES string of the molecule is CSc1ccc(C2=NC(C)(C)C(=O)N2)cc1. The third-order valence-electron chi connectivity index (χ3n) is 2.54. The second kappa shape index (κ2) is 3.94. The molecular formula is C12H14N2OS. The van der Waals surface area contributed by atoms with Gasteiger partial charge in [-0.2, -0.15) is 0 Å². The molecule has 1 N–H and O–H groups in total. The molecule has 1 aliphatic heterocycles.